The van der Waals surface area contributed by atoms with Crippen LogP contribution in [-0.4, -0.2) is 34.8 Å². The summed E-state index contributed by atoms with van der Waals surface area (Å²) in [6.45, 7) is 2.10. The van der Waals surface area contributed by atoms with E-state index in [1.54, 1.807) is 18.2 Å². The number of aldehydes is 1. The molecule has 1 aliphatic carbocycles. The molecule has 6 heteroatoms. The molecule has 1 unspecified atom stereocenters. The summed E-state index contributed by atoms with van der Waals surface area (Å²) in [5.41, 5.74) is 11.3. The van der Waals surface area contributed by atoms with E-state index in [4.69, 9.17) is 17.1 Å². The maximum atomic E-state index is 15.2. The lowest BCUT2D eigenvalue weighted by atomic mass is 9.72. The fourth-order valence-electron chi connectivity index (χ4n) is 5.46. The van der Waals surface area contributed by atoms with Crippen molar-refractivity contribution < 1.29 is 9.18 Å². The van der Waals surface area contributed by atoms with Crippen LogP contribution < -0.4 is 5.73 Å². The van der Waals surface area contributed by atoms with Crippen molar-refractivity contribution in [3.8, 4) is 29.2 Å². The lowest BCUT2D eigenvalue weighted by Gasteiger charge is -2.38. The zero-order valence-corrected chi connectivity index (χ0v) is 21.5. The fraction of sp³-hybridized carbons (Fsp3) is 0.290. The molecule has 1 atom stereocenters. The highest BCUT2D eigenvalue weighted by Crippen LogP contribution is 2.41. The number of imidazole rings is 1. The van der Waals surface area contributed by atoms with Gasteiger partial charge in [-0.1, -0.05) is 37.1 Å². The highest BCUT2D eigenvalue weighted by Gasteiger charge is 2.36. The SMILES string of the molecule is C#Cc1cccc(C=O)c1-n1c(C(CC)N(C)C)nc2ccc(-c3ccc(C4(N)CCC4)c(F)c3)cc21. The van der Waals surface area contributed by atoms with Crippen LogP contribution in [0.4, 0.5) is 4.39 Å². The van der Waals surface area contributed by atoms with Crippen LogP contribution in [0.1, 0.15) is 66.0 Å². The number of nitrogens with two attached hydrogens (primary N) is 1. The minimum absolute atomic E-state index is 0.0128. The van der Waals surface area contributed by atoms with Crippen LogP contribution in [0.2, 0.25) is 0 Å². The molecule has 4 aromatic rings. The standard InChI is InChI=1S/C31H31FN4O/c1-5-20-9-7-10-23(19-37)29(20)36-28-18-22(12-14-26(28)34-30(36)27(6-2)35(3)4)21-11-13-24(25(32)17-21)31(33)15-8-16-31/h1,7,9-14,17-19,27H,6,8,15-16,33H2,2-4H3. The van der Waals surface area contributed by atoms with Crippen molar-refractivity contribution in [2.75, 3.05) is 14.1 Å². The van der Waals surface area contributed by atoms with Crippen LogP contribution in [0.25, 0.3) is 27.8 Å². The Bertz CT molecular complexity index is 1540. The molecule has 188 valence electrons. The first-order valence-electron chi connectivity index (χ1n) is 12.6. The average Bonchev–Trinajstić information content (AvgIpc) is 3.24. The number of aromatic nitrogens is 2. The van der Waals surface area contributed by atoms with Crippen molar-refractivity contribution in [2.45, 2.75) is 44.2 Å². The van der Waals surface area contributed by atoms with Crippen molar-refractivity contribution in [2.24, 2.45) is 5.73 Å². The predicted octanol–water partition coefficient (Wildman–Crippen LogP) is 5.98. The van der Waals surface area contributed by atoms with E-state index < -0.39 is 5.54 Å². The molecule has 1 heterocycles. The number of para-hydroxylation sites is 1. The summed E-state index contributed by atoms with van der Waals surface area (Å²) in [5, 5.41) is 0. The van der Waals surface area contributed by atoms with Crippen molar-refractivity contribution in [1.29, 1.82) is 0 Å². The number of fused-ring (bicyclic) bond motifs is 1. The Kier molecular flexibility index (Phi) is 6.45. The monoisotopic (exact) mass is 494 g/mol. The normalized spacial score (nSPS) is 15.4. The molecule has 1 fully saturated rings. The second-order valence-electron chi connectivity index (χ2n) is 10.1. The zero-order valence-electron chi connectivity index (χ0n) is 21.5. The Labute approximate surface area is 217 Å². The second-order valence-corrected chi connectivity index (χ2v) is 10.1. The zero-order chi connectivity index (χ0) is 26.3. The van der Waals surface area contributed by atoms with E-state index in [0.29, 0.717) is 22.4 Å². The van der Waals surface area contributed by atoms with Gasteiger partial charge in [-0.15, -0.1) is 6.42 Å². The van der Waals surface area contributed by atoms with Gasteiger partial charge in [0.25, 0.3) is 0 Å². The number of carbonyl (C=O) groups excluding carboxylic acids is 1. The molecule has 0 radical (unpaired) electrons. The molecule has 1 saturated carbocycles. The summed E-state index contributed by atoms with van der Waals surface area (Å²) >= 11 is 0. The lowest BCUT2D eigenvalue weighted by molar-refractivity contribution is 0.112. The number of benzene rings is 3. The molecule has 0 saturated heterocycles. The van der Waals surface area contributed by atoms with Gasteiger partial charge in [-0.2, -0.15) is 0 Å². The molecule has 0 bridgehead atoms. The Hall–Kier alpha value is -3.79. The Balaban J connectivity index is 1.75. The third kappa shape index (κ3) is 4.15. The number of terminal acetylenes is 1. The van der Waals surface area contributed by atoms with Gasteiger partial charge in [-0.3, -0.25) is 14.3 Å². The van der Waals surface area contributed by atoms with E-state index in [2.05, 4.69) is 17.7 Å². The van der Waals surface area contributed by atoms with E-state index in [-0.39, 0.29) is 11.9 Å². The van der Waals surface area contributed by atoms with Gasteiger partial charge in [0.05, 0.1) is 22.8 Å². The number of nitrogens with zero attached hydrogens (tertiary/aromatic N) is 3. The maximum Gasteiger partial charge on any atom is 0.152 e. The molecule has 0 amide bonds. The molecule has 1 aliphatic rings. The molecular weight excluding hydrogens is 463 g/mol. The van der Waals surface area contributed by atoms with Gasteiger partial charge in [0.1, 0.15) is 11.6 Å². The lowest BCUT2D eigenvalue weighted by Crippen LogP contribution is -2.44. The minimum Gasteiger partial charge on any atom is -0.321 e. The van der Waals surface area contributed by atoms with Crippen LogP contribution in [0.15, 0.2) is 54.6 Å². The van der Waals surface area contributed by atoms with Gasteiger partial charge >= 0.3 is 0 Å². The average molecular weight is 495 g/mol. The predicted molar refractivity (Wildman–Crippen MR) is 146 cm³/mol. The quantitative estimate of drug-likeness (QED) is 0.254. The van der Waals surface area contributed by atoms with Gasteiger partial charge in [0, 0.05) is 22.2 Å². The number of hydrogen-bond donors (Lipinski definition) is 1. The number of halogens is 1. The molecule has 3 aromatic carbocycles. The van der Waals surface area contributed by atoms with Gasteiger partial charge in [-0.05, 0) is 81.2 Å². The molecule has 5 rings (SSSR count). The molecule has 5 nitrogen and oxygen atoms in total. The molecule has 1 aromatic heterocycles. The maximum absolute atomic E-state index is 15.2. The van der Waals surface area contributed by atoms with E-state index in [1.165, 1.54) is 0 Å². The first-order chi connectivity index (χ1) is 17.8. The van der Waals surface area contributed by atoms with Gasteiger partial charge in [-0.25, -0.2) is 9.37 Å². The topological polar surface area (TPSA) is 64.2 Å². The van der Waals surface area contributed by atoms with Crippen molar-refractivity contribution >= 4 is 17.3 Å². The highest BCUT2D eigenvalue weighted by molar-refractivity contribution is 5.89. The number of carbonyl (C=O) groups is 1. The minimum atomic E-state index is -0.564. The third-order valence-electron chi connectivity index (χ3n) is 7.65. The van der Waals surface area contributed by atoms with Gasteiger partial charge in [0.15, 0.2) is 6.29 Å². The summed E-state index contributed by atoms with van der Waals surface area (Å²) in [6.07, 6.45) is 10.1. The van der Waals surface area contributed by atoms with Crippen LogP contribution in [0, 0.1) is 18.2 Å². The van der Waals surface area contributed by atoms with Crippen LogP contribution in [-0.2, 0) is 5.54 Å². The van der Waals surface area contributed by atoms with Gasteiger partial charge < -0.3 is 5.73 Å². The summed E-state index contributed by atoms with van der Waals surface area (Å²) in [6, 6.07) is 16.5. The summed E-state index contributed by atoms with van der Waals surface area (Å²) < 4.78 is 17.2. The van der Waals surface area contributed by atoms with Crippen molar-refractivity contribution in [3.63, 3.8) is 0 Å². The Morgan fingerprint density at radius 1 is 1.19 bits per heavy atom. The summed E-state index contributed by atoms with van der Waals surface area (Å²) in [4.78, 5) is 19.2. The fourth-order valence-corrected chi connectivity index (χ4v) is 5.46. The molecule has 0 spiro atoms. The van der Waals surface area contributed by atoms with E-state index in [0.717, 1.165) is 60.0 Å². The highest BCUT2D eigenvalue weighted by atomic mass is 19.1. The summed E-state index contributed by atoms with van der Waals surface area (Å²) in [7, 11) is 4.02. The van der Waals surface area contributed by atoms with Crippen molar-refractivity contribution in [1.82, 2.24) is 14.5 Å². The molecule has 37 heavy (non-hydrogen) atoms. The van der Waals surface area contributed by atoms with Crippen LogP contribution in [0.3, 0.4) is 0 Å². The van der Waals surface area contributed by atoms with Crippen molar-refractivity contribution in [3.05, 3.63) is 82.9 Å². The largest absolute Gasteiger partial charge is 0.321 e. The third-order valence-corrected chi connectivity index (χ3v) is 7.65. The molecular formula is C31H31FN4O. The van der Waals surface area contributed by atoms with E-state index in [9.17, 15) is 4.79 Å². The number of rotatable bonds is 7. The summed E-state index contributed by atoms with van der Waals surface area (Å²) in [5.74, 6) is 3.25. The Morgan fingerprint density at radius 3 is 2.51 bits per heavy atom. The van der Waals surface area contributed by atoms with E-state index >= 15 is 4.39 Å². The second kappa shape index (κ2) is 9.59. The first-order valence-corrected chi connectivity index (χ1v) is 12.6. The molecule has 0 aliphatic heterocycles. The Morgan fingerprint density at radius 2 is 1.92 bits per heavy atom. The molecule has 2 N–H and O–H groups in total. The van der Waals surface area contributed by atoms with Gasteiger partial charge in [0.2, 0.25) is 0 Å². The number of hydrogen-bond acceptors (Lipinski definition) is 4. The smallest absolute Gasteiger partial charge is 0.152 e. The van der Waals surface area contributed by atoms with E-state index in [1.807, 2.05) is 55.1 Å². The van der Waals surface area contributed by atoms with Crippen LogP contribution >= 0.6 is 0 Å². The first kappa shape index (κ1) is 24.9. The van der Waals surface area contributed by atoms with Crippen LogP contribution in [0.5, 0.6) is 0 Å².